The number of likely N-dealkylation sites (N-methyl/N-ethyl adjacent to an activating group) is 1. The van der Waals surface area contributed by atoms with E-state index in [1.54, 1.807) is 12.4 Å². The highest BCUT2D eigenvalue weighted by Gasteiger charge is 2.14. The van der Waals surface area contributed by atoms with Crippen LogP contribution in [0, 0.1) is 0 Å². The number of nitrogens with two attached hydrogens (primary N) is 1. The first-order valence-corrected chi connectivity index (χ1v) is 11.9. The van der Waals surface area contributed by atoms with E-state index in [-0.39, 0.29) is 0 Å². The van der Waals surface area contributed by atoms with E-state index in [9.17, 15) is 0 Å². The minimum absolute atomic E-state index is 0.394. The van der Waals surface area contributed by atoms with Crippen LogP contribution in [-0.2, 0) is 4.74 Å². The molecule has 4 heterocycles. The minimum atomic E-state index is 0.394. The van der Waals surface area contributed by atoms with Gasteiger partial charge in [0.05, 0.1) is 42.5 Å². The molecule has 0 unspecified atom stereocenters. The normalized spacial score (nSPS) is 13.8. The van der Waals surface area contributed by atoms with Crippen LogP contribution in [0.1, 0.15) is 0 Å². The van der Waals surface area contributed by atoms with Crippen molar-refractivity contribution in [1.29, 1.82) is 0 Å². The maximum absolute atomic E-state index is 6.31. The third kappa shape index (κ3) is 5.45. The van der Waals surface area contributed by atoms with Crippen LogP contribution in [0.15, 0.2) is 54.9 Å². The first kappa shape index (κ1) is 23.7. The number of morpholine rings is 1. The van der Waals surface area contributed by atoms with Crippen molar-refractivity contribution < 1.29 is 9.47 Å². The number of hydrogen-bond acceptors (Lipinski definition) is 10. The summed E-state index contributed by atoms with van der Waals surface area (Å²) in [6.07, 6.45) is 3.51. The van der Waals surface area contributed by atoms with Crippen molar-refractivity contribution in [3.05, 3.63) is 54.9 Å². The van der Waals surface area contributed by atoms with Gasteiger partial charge in [0.25, 0.3) is 0 Å². The van der Waals surface area contributed by atoms with E-state index in [0.29, 0.717) is 18.4 Å². The molecule has 1 fully saturated rings. The fourth-order valence-electron chi connectivity index (χ4n) is 3.98. The zero-order valence-corrected chi connectivity index (χ0v) is 20.5. The summed E-state index contributed by atoms with van der Waals surface area (Å²) in [6, 6.07) is 13.6. The van der Waals surface area contributed by atoms with Crippen molar-refractivity contribution in [3.63, 3.8) is 0 Å². The molecule has 0 spiro atoms. The molecule has 4 aromatic rings. The molecule has 0 saturated carbocycles. The van der Waals surface area contributed by atoms with Gasteiger partial charge in [-0.1, -0.05) is 12.1 Å². The Hall–Kier alpha value is -4.02. The van der Waals surface area contributed by atoms with E-state index >= 15 is 0 Å². The standard InChI is InChI=1S/C26H30N8O2/c1-33(2)10-15-36-19-7-8-22(28-17-19)20-4-3-5-21-24(20)31-26(32-25(21)27)30-18-6-9-23(29-16-18)34-11-13-35-14-12-34/h3-9,16-17H,10-15H2,1-2H3,(H3,27,30,31,32). The molecular formula is C26H30N8O2. The van der Waals surface area contributed by atoms with Crippen LogP contribution in [-0.4, -0.2) is 78.4 Å². The van der Waals surface area contributed by atoms with Crippen LogP contribution >= 0.6 is 0 Å². The van der Waals surface area contributed by atoms with Gasteiger partial charge in [-0.3, -0.25) is 4.98 Å². The fraction of sp³-hybridized carbons (Fsp3) is 0.308. The summed E-state index contributed by atoms with van der Waals surface area (Å²) < 4.78 is 11.2. The van der Waals surface area contributed by atoms with Gasteiger partial charge in [-0.25, -0.2) is 9.97 Å². The lowest BCUT2D eigenvalue weighted by molar-refractivity contribution is 0.122. The molecule has 10 heteroatoms. The number of aromatic nitrogens is 4. The molecule has 0 atom stereocenters. The highest BCUT2D eigenvalue weighted by molar-refractivity contribution is 5.98. The van der Waals surface area contributed by atoms with E-state index in [1.165, 1.54) is 0 Å². The van der Waals surface area contributed by atoms with Crippen molar-refractivity contribution in [2.24, 2.45) is 0 Å². The quantitative estimate of drug-likeness (QED) is 0.385. The van der Waals surface area contributed by atoms with Gasteiger partial charge >= 0.3 is 0 Å². The molecule has 1 saturated heterocycles. The third-order valence-corrected chi connectivity index (χ3v) is 5.91. The summed E-state index contributed by atoms with van der Waals surface area (Å²) >= 11 is 0. The highest BCUT2D eigenvalue weighted by atomic mass is 16.5. The van der Waals surface area contributed by atoms with Crippen molar-refractivity contribution >= 4 is 34.2 Å². The number of para-hydroxylation sites is 1. The van der Waals surface area contributed by atoms with Crippen molar-refractivity contribution in [2.75, 3.05) is 69.5 Å². The molecule has 186 valence electrons. The first-order valence-electron chi connectivity index (χ1n) is 11.9. The summed E-state index contributed by atoms with van der Waals surface area (Å²) in [7, 11) is 4.03. The van der Waals surface area contributed by atoms with Crippen molar-refractivity contribution in [3.8, 4) is 17.0 Å². The Kier molecular flexibility index (Phi) is 7.06. The average molecular weight is 487 g/mol. The van der Waals surface area contributed by atoms with Crippen LogP contribution in [0.5, 0.6) is 5.75 Å². The number of pyridine rings is 2. The Bertz CT molecular complexity index is 1310. The second-order valence-corrected chi connectivity index (χ2v) is 8.79. The SMILES string of the molecule is CN(C)CCOc1ccc(-c2cccc3c(N)nc(Nc4ccc(N5CCOCC5)nc4)nc23)nc1. The Balaban J connectivity index is 1.37. The van der Waals surface area contributed by atoms with E-state index in [0.717, 1.165) is 72.3 Å². The van der Waals surface area contributed by atoms with Crippen LogP contribution in [0.25, 0.3) is 22.2 Å². The van der Waals surface area contributed by atoms with Gasteiger partial charge in [0, 0.05) is 30.6 Å². The molecule has 0 radical (unpaired) electrons. The van der Waals surface area contributed by atoms with Crippen LogP contribution in [0.3, 0.4) is 0 Å². The second kappa shape index (κ2) is 10.7. The molecule has 3 N–H and O–H groups in total. The summed E-state index contributed by atoms with van der Waals surface area (Å²) in [5, 5.41) is 4.01. The van der Waals surface area contributed by atoms with Crippen LogP contribution in [0.2, 0.25) is 0 Å². The van der Waals surface area contributed by atoms with Gasteiger partial charge in [0.2, 0.25) is 5.95 Å². The molecular weight excluding hydrogens is 456 g/mol. The lowest BCUT2D eigenvalue weighted by Crippen LogP contribution is -2.36. The monoisotopic (exact) mass is 486 g/mol. The number of ether oxygens (including phenoxy) is 2. The molecule has 1 aliphatic heterocycles. The summed E-state index contributed by atoms with van der Waals surface area (Å²) in [5.41, 5.74) is 9.46. The lowest BCUT2D eigenvalue weighted by Gasteiger charge is -2.27. The van der Waals surface area contributed by atoms with Gasteiger partial charge in [-0.2, -0.15) is 4.98 Å². The molecule has 0 bridgehead atoms. The lowest BCUT2D eigenvalue weighted by atomic mass is 10.1. The van der Waals surface area contributed by atoms with Gasteiger partial charge in [0.15, 0.2) is 0 Å². The van der Waals surface area contributed by atoms with Gasteiger partial charge in [-0.15, -0.1) is 0 Å². The number of nitrogens with zero attached hydrogens (tertiary/aromatic N) is 6. The summed E-state index contributed by atoms with van der Waals surface area (Å²) in [6.45, 7) is 4.55. The maximum Gasteiger partial charge on any atom is 0.229 e. The molecule has 10 nitrogen and oxygen atoms in total. The molecule has 1 aromatic carbocycles. The Morgan fingerprint density at radius 3 is 2.61 bits per heavy atom. The predicted octanol–water partition coefficient (Wildman–Crippen LogP) is 3.19. The molecule has 3 aromatic heterocycles. The number of nitrogens with one attached hydrogen (secondary N) is 1. The molecule has 0 aliphatic carbocycles. The largest absolute Gasteiger partial charge is 0.491 e. The number of fused-ring (bicyclic) bond motifs is 1. The number of rotatable bonds is 8. The smallest absolute Gasteiger partial charge is 0.229 e. The number of benzene rings is 1. The van der Waals surface area contributed by atoms with E-state index in [4.69, 9.17) is 20.2 Å². The number of nitrogen functional groups attached to an aromatic ring is 1. The zero-order valence-electron chi connectivity index (χ0n) is 20.5. The molecule has 5 rings (SSSR count). The van der Waals surface area contributed by atoms with Crippen molar-refractivity contribution in [1.82, 2.24) is 24.8 Å². The van der Waals surface area contributed by atoms with Crippen LogP contribution < -0.4 is 20.7 Å². The molecule has 0 amide bonds. The Labute approximate surface area is 210 Å². The summed E-state index contributed by atoms with van der Waals surface area (Å²) in [4.78, 5) is 22.7. The number of anilines is 4. The first-order chi connectivity index (χ1) is 17.6. The molecule has 36 heavy (non-hydrogen) atoms. The Morgan fingerprint density at radius 1 is 1.03 bits per heavy atom. The fourth-order valence-corrected chi connectivity index (χ4v) is 3.98. The predicted molar refractivity (Wildman–Crippen MR) is 142 cm³/mol. The van der Waals surface area contributed by atoms with Crippen molar-refractivity contribution in [2.45, 2.75) is 0 Å². The highest BCUT2D eigenvalue weighted by Crippen LogP contribution is 2.30. The van der Waals surface area contributed by atoms with Gasteiger partial charge in [-0.05, 0) is 44.4 Å². The zero-order chi connectivity index (χ0) is 24.9. The minimum Gasteiger partial charge on any atom is -0.491 e. The van der Waals surface area contributed by atoms with E-state index < -0.39 is 0 Å². The average Bonchev–Trinajstić information content (AvgIpc) is 2.90. The molecule has 1 aliphatic rings. The maximum atomic E-state index is 6.31. The summed E-state index contributed by atoms with van der Waals surface area (Å²) in [5.74, 6) is 2.44. The Morgan fingerprint density at radius 2 is 1.89 bits per heavy atom. The van der Waals surface area contributed by atoms with E-state index in [2.05, 4.69) is 30.1 Å². The number of hydrogen-bond donors (Lipinski definition) is 2. The topological polar surface area (TPSA) is 115 Å². The van der Waals surface area contributed by atoms with Crippen LogP contribution in [0.4, 0.5) is 23.3 Å². The second-order valence-electron chi connectivity index (χ2n) is 8.79. The van der Waals surface area contributed by atoms with Gasteiger partial charge in [0.1, 0.15) is 24.0 Å². The van der Waals surface area contributed by atoms with Gasteiger partial charge < -0.3 is 30.3 Å². The van der Waals surface area contributed by atoms with E-state index in [1.807, 2.05) is 56.6 Å². The third-order valence-electron chi connectivity index (χ3n) is 5.91.